The van der Waals surface area contributed by atoms with E-state index in [1.807, 2.05) is 19.1 Å². The second kappa shape index (κ2) is 8.49. The fourth-order valence-electron chi connectivity index (χ4n) is 3.23. The van der Waals surface area contributed by atoms with Gasteiger partial charge >= 0.3 is 0 Å². The van der Waals surface area contributed by atoms with Crippen molar-refractivity contribution in [2.45, 2.75) is 19.8 Å². The van der Waals surface area contributed by atoms with Crippen LogP contribution in [-0.2, 0) is 6.42 Å². The molecule has 0 spiro atoms. The Balaban J connectivity index is 1.42. The van der Waals surface area contributed by atoms with Crippen molar-refractivity contribution in [3.05, 3.63) is 94.0 Å². The Morgan fingerprint density at radius 1 is 1.24 bits per heavy atom. The molecule has 1 N–H and O–H groups in total. The van der Waals surface area contributed by atoms with E-state index in [-0.39, 0.29) is 11.7 Å². The lowest BCUT2D eigenvalue weighted by Gasteiger charge is -2.05. The summed E-state index contributed by atoms with van der Waals surface area (Å²) in [4.78, 5) is 21.8. The average Bonchev–Trinajstić information content (AvgIpc) is 3.35. The van der Waals surface area contributed by atoms with Crippen molar-refractivity contribution in [3.63, 3.8) is 0 Å². The summed E-state index contributed by atoms with van der Waals surface area (Å²) in [5, 5.41) is 3.71. The van der Waals surface area contributed by atoms with Crippen LogP contribution in [0.2, 0.25) is 0 Å². The maximum atomic E-state index is 13.0. The highest BCUT2D eigenvalue weighted by Crippen LogP contribution is 2.32. The van der Waals surface area contributed by atoms with Crippen LogP contribution in [0, 0.1) is 18.7 Å². The predicted octanol–water partition coefficient (Wildman–Crippen LogP) is 5.44. The number of carbonyl (C=O) groups is 1. The number of aryl methyl sites for hydroxylation is 2. The smallest absolute Gasteiger partial charge is 0.267 e. The van der Waals surface area contributed by atoms with Crippen molar-refractivity contribution in [1.29, 1.82) is 0 Å². The SMILES string of the molecule is Cc1nc(C2=CC(CCc3ccc(F)cc3)C=C2)sc1C(=O)Nc1cccnc1. The minimum Gasteiger partial charge on any atom is -0.320 e. The molecule has 1 amide bonds. The Morgan fingerprint density at radius 3 is 2.83 bits per heavy atom. The minimum atomic E-state index is -0.209. The van der Waals surface area contributed by atoms with Crippen molar-refractivity contribution in [2.75, 3.05) is 5.32 Å². The molecule has 1 aliphatic carbocycles. The third-order valence-corrected chi connectivity index (χ3v) is 5.97. The van der Waals surface area contributed by atoms with Gasteiger partial charge in [-0.3, -0.25) is 9.78 Å². The number of allylic oxidation sites excluding steroid dienone is 4. The number of nitrogens with one attached hydrogen (secondary N) is 1. The molecule has 0 saturated heterocycles. The number of halogens is 1. The number of thiazole rings is 1. The summed E-state index contributed by atoms with van der Waals surface area (Å²) in [6, 6.07) is 10.2. The van der Waals surface area contributed by atoms with E-state index >= 15 is 0 Å². The first kappa shape index (κ1) is 19.2. The van der Waals surface area contributed by atoms with Gasteiger partial charge in [-0.15, -0.1) is 11.3 Å². The van der Waals surface area contributed by atoms with E-state index < -0.39 is 0 Å². The van der Waals surface area contributed by atoms with Gasteiger partial charge in [-0.25, -0.2) is 9.37 Å². The number of nitrogens with zero attached hydrogens (tertiary/aromatic N) is 2. The predicted molar refractivity (Wildman–Crippen MR) is 114 cm³/mol. The zero-order valence-electron chi connectivity index (χ0n) is 15.9. The van der Waals surface area contributed by atoms with Crippen LogP contribution in [0.4, 0.5) is 10.1 Å². The topological polar surface area (TPSA) is 54.9 Å². The normalized spacial score (nSPS) is 15.4. The van der Waals surface area contributed by atoms with E-state index in [9.17, 15) is 9.18 Å². The van der Waals surface area contributed by atoms with Crippen molar-refractivity contribution in [2.24, 2.45) is 5.92 Å². The molecule has 29 heavy (non-hydrogen) atoms. The van der Waals surface area contributed by atoms with Crippen molar-refractivity contribution in [1.82, 2.24) is 9.97 Å². The number of carbonyl (C=O) groups excluding carboxylic acids is 1. The first-order valence-electron chi connectivity index (χ1n) is 9.42. The van der Waals surface area contributed by atoms with Crippen LogP contribution in [-0.4, -0.2) is 15.9 Å². The molecule has 146 valence electrons. The van der Waals surface area contributed by atoms with Gasteiger partial charge < -0.3 is 5.32 Å². The molecule has 1 aromatic carbocycles. The Bertz CT molecular complexity index is 1070. The summed E-state index contributed by atoms with van der Waals surface area (Å²) in [5.41, 5.74) is 3.55. The van der Waals surface area contributed by atoms with Crippen molar-refractivity contribution in [3.8, 4) is 0 Å². The van der Waals surface area contributed by atoms with Gasteiger partial charge in [0.2, 0.25) is 0 Å². The van der Waals surface area contributed by atoms with Gasteiger partial charge in [0.25, 0.3) is 5.91 Å². The Hall–Kier alpha value is -3.12. The second-order valence-corrected chi connectivity index (χ2v) is 7.94. The monoisotopic (exact) mass is 405 g/mol. The molecule has 2 aromatic heterocycles. The molecule has 1 unspecified atom stereocenters. The summed E-state index contributed by atoms with van der Waals surface area (Å²) < 4.78 is 13.0. The van der Waals surface area contributed by atoms with Crippen LogP contribution < -0.4 is 5.32 Å². The quantitative estimate of drug-likeness (QED) is 0.594. The van der Waals surface area contributed by atoms with Crippen LogP contribution in [0.15, 0.2) is 67.0 Å². The summed E-state index contributed by atoms with van der Waals surface area (Å²) in [5.74, 6) is -0.0687. The molecule has 0 radical (unpaired) electrons. The van der Waals surface area contributed by atoms with E-state index in [0.29, 0.717) is 16.5 Å². The van der Waals surface area contributed by atoms with E-state index in [4.69, 9.17) is 0 Å². The van der Waals surface area contributed by atoms with Crippen LogP contribution in [0.3, 0.4) is 0 Å². The van der Waals surface area contributed by atoms with Gasteiger partial charge in [-0.05, 0) is 55.5 Å². The van der Waals surface area contributed by atoms with E-state index in [1.54, 1.807) is 24.5 Å². The molecule has 0 bridgehead atoms. The first-order valence-corrected chi connectivity index (χ1v) is 10.2. The Kier molecular flexibility index (Phi) is 5.62. The summed E-state index contributed by atoms with van der Waals surface area (Å²) in [7, 11) is 0. The molecule has 6 heteroatoms. The van der Waals surface area contributed by atoms with E-state index in [1.165, 1.54) is 23.5 Å². The molecule has 0 fully saturated rings. The molecule has 0 saturated carbocycles. The van der Waals surface area contributed by atoms with Gasteiger partial charge in [0.15, 0.2) is 0 Å². The zero-order valence-corrected chi connectivity index (χ0v) is 16.7. The van der Waals surface area contributed by atoms with Crippen LogP contribution in [0.25, 0.3) is 5.57 Å². The van der Waals surface area contributed by atoms with Gasteiger partial charge in [-0.2, -0.15) is 0 Å². The number of rotatable bonds is 6. The van der Waals surface area contributed by atoms with Gasteiger partial charge in [-0.1, -0.05) is 30.4 Å². The summed E-state index contributed by atoms with van der Waals surface area (Å²) >= 11 is 1.40. The van der Waals surface area contributed by atoms with Crippen molar-refractivity contribution < 1.29 is 9.18 Å². The molecule has 1 atom stereocenters. The minimum absolute atomic E-state index is 0.172. The lowest BCUT2D eigenvalue weighted by molar-refractivity contribution is 0.103. The fourth-order valence-corrected chi connectivity index (χ4v) is 4.20. The maximum Gasteiger partial charge on any atom is 0.267 e. The highest BCUT2D eigenvalue weighted by molar-refractivity contribution is 7.15. The Morgan fingerprint density at radius 2 is 2.07 bits per heavy atom. The summed E-state index contributed by atoms with van der Waals surface area (Å²) in [6.07, 6.45) is 11.5. The third kappa shape index (κ3) is 4.66. The fraction of sp³-hybridized carbons (Fsp3) is 0.174. The number of benzene rings is 1. The number of pyridine rings is 1. The highest BCUT2D eigenvalue weighted by atomic mass is 32.1. The number of anilines is 1. The molecular formula is C23H20FN3OS. The number of hydrogen-bond donors (Lipinski definition) is 1. The summed E-state index contributed by atoms with van der Waals surface area (Å²) in [6.45, 7) is 1.85. The molecule has 4 rings (SSSR count). The van der Waals surface area contributed by atoms with Gasteiger partial charge in [0.05, 0.1) is 17.6 Å². The molecule has 4 nitrogen and oxygen atoms in total. The first-order chi connectivity index (χ1) is 14.1. The number of amides is 1. The largest absolute Gasteiger partial charge is 0.320 e. The molecule has 3 aromatic rings. The third-order valence-electron chi connectivity index (χ3n) is 4.77. The maximum absolute atomic E-state index is 13.0. The van der Waals surface area contributed by atoms with Gasteiger partial charge in [0.1, 0.15) is 15.7 Å². The highest BCUT2D eigenvalue weighted by Gasteiger charge is 2.19. The van der Waals surface area contributed by atoms with Crippen LogP contribution >= 0.6 is 11.3 Å². The standard InChI is InChI=1S/C23H20FN3OS/c1-15-21(22(28)27-20-3-2-12-25-14-20)29-23(26-15)18-9-6-17(13-18)5-4-16-7-10-19(24)11-8-16/h2-3,6-14,17H,4-5H2,1H3,(H,27,28). The number of aromatic nitrogens is 2. The molecule has 0 aliphatic heterocycles. The van der Waals surface area contributed by atoms with Crippen LogP contribution in [0.5, 0.6) is 0 Å². The molecule has 2 heterocycles. The van der Waals surface area contributed by atoms with Gasteiger partial charge in [0, 0.05) is 11.8 Å². The van der Waals surface area contributed by atoms with Crippen molar-refractivity contribution >= 4 is 28.5 Å². The molecular weight excluding hydrogens is 385 g/mol. The average molecular weight is 405 g/mol. The Labute approximate surface area is 172 Å². The van der Waals surface area contributed by atoms with Crippen LogP contribution in [0.1, 0.15) is 32.4 Å². The zero-order chi connectivity index (χ0) is 20.2. The number of hydrogen-bond acceptors (Lipinski definition) is 4. The molecule has 1 aliphatic rings. The second-order valence-electron chi connectivity index (χ2n) is 6.94. The lowest BCUT2D eigenvalue weighted by Crippen LogP contribution is -2.11. The lowest BCUT2D eigenvalue weighted by atomic mass is 10.0. The van der Waals surface area contributed by atoms with E-state index in [2.05, 4.69) is 33.5 Å². The van der Waals surface area contributed by atoms with E-state index in [0.717, 1.165) is 34.7 Å².